The van der Waals surface area contributed by atoms with Gasteiger partial charge in [0, 0.05) is 0 Å². The Balaban J connectivity index is 2.80. The minimum atomic E-state index is -0.828. The van der Waals surface area contributed by atoms with Gasteiger partial charge in [0.05, 0.1) is 0 Å². The number of halogens is 10. The largest absolute Gasteiger partial charge is 0.162 e. The predicted octanol–water partition coefficient (Wildman–Crippen LogP) is 10.6. The van der Waals surface area contributed by atoms with E-state index in [1.54, 1.807) is 0 Å². The molecule has 0 atom stereocenters. The lowest BCUT2D eigenvalue weighted by Crippen LogP contribution is -2.60. The minimum Gasteiger partial charge on any atom is -0.0723 e. The van der Waals surface area contributed by atoms with Crippen LogP contribution in [0.2, 0.25) is 0 Å². The van der Waals surface area contributed by atoms with Gasteiger partial charge in [0.25, 0.3) is 0 Å². The molecule has 0 saturated heterocycles. The first-order valence-electron chi connectivity index (χ1n) is 7.21. The Morgan fingerprint density at radius 1 is 0.407 bits per heavy atom. The maximum atomic E-state index is 4.08. The van der Waals surface area contributed by atoms with Gasteiger partial charge in [-0.25, -0.2) is 0 Å². The second-order valence-corrected chi connectivity index (χ2v) is 23.9. The normalized spacial score (nSPS) is 14.3. The number of alkyl halides is 10. The van der Waals surface area contributed by atoms with Crippen molar-refractivity contribution < 1.29 is 0 Å². The summed E-state index contributed by atoms with van der Waals surface area (Å²) in [6.07, 6.45) is 0. The standard InChI is InChI=1S/C17H10Br10/c18-13(11-7-3-1-4-8-11,12-9-5-2-6-10-12)14(19,20)15(21,22)16(23,24)17(25,26)27/h1-10H. The van der Waals surface area contributed by atoms with Gasteiger partial charge in [0.1, 0.15) is 14.0 Å². The highest BCUT2D eigenvalue weighted by Gasteiger charge is 2.70. The number of hydrogen-bond acceptors (Lipinski definition) is 0. The average Bonchev–Trinajstić information content (AvgIpc) is 2.61. The molecule has 0 radical (unpaired) electrons. The number of hydrogen-bond donors (Lipinski definition) is 0. The molecule has 0 aliphatic rings. The smallest absolute Gasteiger partial charge is 0.0723 e. The van der Waals surface area contributed by atoms with Crippen LogP contribution in [-0.2, 0) is 4.32 Å². The van der Waals surface area contributed by atoms with Crippen molar-refractivity contribution in [3.8, 4) is 0 Å². The summed E-state index contributed by atoms with van der Waals surface area (Å²) < 4.78 is -3.81. The zero-order valence-corrected chi connectivity index (χ0v) is 28.9. The van der Waals surface area contributed by atoms with Crippen molar-refractivity contribution in [1.29, 1.82) is 0 Å². The molecule has 0 amide bonds. The van der Waals surface area contributed by atoms with E-state index in [4.69, 9.17) is 0 Å². The van der Waals surface area contributed by atoms with Crippen LogP contribution >= 0.6 is 159 Å². The van der Waals surface area contributed by atoms with Crippen molar-refractivity contribution in [2.24, 2.45) is 0 Å². The van der Waals surface area contributed by atoms with E-state index in [0.29, 0.717) is 0 Å². The molecule has 0 aliphatic carbocycles. The average molecular weight is 1010 g/mol. The van der Waals surface area contributed by atoms with Crippen LogP contribution in [0.25, 0.3) is 0 Å². The first-order valence-corrected chi connectivity index (χ1v) is 15.1. The predicted molar refractivity (Wildman–Crippen MR) is 154 cm³/mol. The van der Waals surface area contributed by atoms with E-state index in [2.05, 4.69) is 184 Å². The van der Waals surface area contributed by atoms with E-state index >= 15 is 0 Å². The highest BCUT2D eigenvalue weighted by molar-refractivity contribution is 9.42. The van der Waals surface area contributed by atoms with Crippen LogP contribution in [0.3, 0.4) is 0 Å². The topological polar surface area (TPSA) is 0 Å². The molecule has 148 valence electrons. The van der Waals surface area contributed by atoms with Crippen molar-refractivity contribution in [1.82, 2.24) is 0 Å². The van der Waals surface area contributed by atoms with Gasteiger partial charge in [-0.3, -0.25) is 0 Å². The molecule has 0 unspecified atom stereocenters. The first kappa shape index (κ1) is 26.5. The van der Waals surface area contributed by atoms with E-state index in [1.807, 2.05) is 36.4 Å². The molecule has 2 aromatic rings. The van der Waals surface area contributed by atoms with E-state index in [1.165, 1.54) is 0 Å². The molecular formula is C17H10Br10. The Hall–Kier alpha value is 3.24. The number of benzene rings is 2. The van der Waals surface area contributed by atoms with Crippen molar-refractivity contribution in [3.05, 3.63) is 71.8 Å². The lowest BCUT2D eigenvalue weighted by molar-refractivity contribution is 0.607. The molecule has 0 fully saturated rings. The summed E-state index contributed by atoms with van der Waals surface area (Å²) in [6, 6.07) is 20.4. The van der Waals surface area contributed by atoms with E-state index in [-0.39, 0.29) is 0 Å². The van der Waals surface area contributed by atoms with Gasteiger partial charge < -0.3 is 0 Å². The maximum Gasteiger partial charge on any atom is 0.162 e. The Morgan fingerprint density at radius 3 is 1.04 bits per heavy atom. The highest BCUT2D eigenvalue weighted by Crippen LogP contribution is 2.73. The molecule has 0 spiro atoms. The van der Waals surface area contributed by atoms with Gasteiger partial charge in [-0.1, -0.05) is 220 Å². The summed E-state index contributed by atoms with van der Waals surface area (Å²) >= 11 is 38.3. The van der Waals surface area contributed by atoms with Gasteiger partial charge in [0.15, 0.2) is 2.14 Å². The van der Waals surface area contributed by atoms with Gasteiger partial charge >= 0.3 is 0 Å². The molecule has 2 aromatic carbocycles. The Morgan fingerprint density at radius 2 is 0.741 bits per heavy atom. The van der Waals surface area contributed by atoms with Gasteiger partial charge in [-0.05, 0) is 11.1 Å². The monoisotopic (exact) mass is 1000 g/mol. The second-order valence-electron chi connectivity index (χ2n) is 5.61. The van der Waals surface area contributed by atoms with Crippen LogP contribution < -0.4 is 0 Å². The fraction of sp³-hybridized carbons (Fsp3) is 0.294. The fourth-order valence-electron chi connectivity index (χ4n) is 2.46. The Kier molecular flexibility index (Phi) is 9.44. The molecule has 0 saturated carbocycles. The quantitative estimate of drug-likeness (QED) is 0.262. The highest BCUT2D eigenvalue weighted by atomic mass is 80.0. The Bertz CT molecular complexity index is 726. The summed E-state index contributed by atoms with van der Waals surface area (Å²) in [7, 11) is 0. The summed E-state index contributed by atoms with van der Waals surface area (Å²) in [5, 5.41) is 0. The molecule has 0 aliphatic heterocycles. The second kappa shape index (κ2) is 9.62. The first-order chi connectivity index (χ1) is 12.2. The lowest BCUT2D eigenvalue weighted by Gasteiger charge is -2.53. The van der Waals surface area contributed by atoms with E-state index < -0.39 is 16.2 Å². The van der Waals surface area contributed by atoms with Gasteiger partial charge in [0.2, 0.25) is 0 Å². The molecule has 0 bridgehead atoms. The van der Waals surface area contributed by atoms with Crippen LogP contribution in [-0.4, -0.2) is 11.8 Å². The summed E-state index contributed by atoms with van der Waals surface area (Å²) in [6.45, 7) is 0. The van der Waals surface area contributed by atoms with Crippen molar-refractivity contribution >= 4 is 159 Å². The van der Waals surface area contributed by atoms with Crippen LogP contribution in [0.4, 0.5) is 0 Å². The Labute approximate surface area is 243 Å². The van der Waals surface area contributed by atoms with E-state index in [9.17, 15) is 0 Å². The van der Waals surface area contributed by atoms with Gasteiger partial charge in [-0.2, -0.15) is 0 Å². The molecule has 0 heterocycles. The summed E-state index contributed by atoms with van der Waals surface area (Å²) in [5.41, 5.74) is 2.13. The molecule has 27 heavy (non-hydrogen) atoms. The maximum absolute atomic E-state index is 4.08. The summed E-state index contributed by atoms with van der Waals surface area (Å²) in [4.78, 5) is 0. The van der Waals surface area contributed by atoms with Crippen LogP contribution in [0.5, 0.6) is 0 Å². The van der Waals surface area contributed by atoms with Crippen LogP contribution in [0, 0.1) is 0 Å². The van der Waals surface area contributed by atoms with E-state index in [0.717, 1.165) is 11.1 Å². The van der Waals surface area contributed by atoms with Crippen molar-refractivity contribution in [3.63, 3.8) is 0 Å². The zero-order chi connectivity index (χ0) is 20.7. The van der Waals surface area contributed by atoms with Crippen molar-refractivity contribution in [2.75, 3.05) is 0 Å². The SMILES string of the molecule is BrC(Br)(Br)C(Br)(Br)C(Br)(Br)C(Br)(Br)C(Br)(c1ccccc1)c1ccccc1. The third-order valence-corrected chi connectivity index (χ3v) is 22.9. The molecular weight excluding hydrogens is 1000 g/mol. The zero-order valence-electron chi connectivity index (χ0n) is 13.1. The summed E-state index contributed by atoms with van der Waals surface area (Å²) in [5.74, 6) is 0. The molecule has 2 rings (SSSR count). The third kappa shape index (κ3) is 4.80. The van der Waals surface area contributed by atoms with Gasteiger partial charge in [-0.15, -0.1) is 0 Å². The molecule has 0 nitrogen and oxygen atoms in total. The van der Waals surface area contributed by atoms with Crippen molar-refractivity contribution in [2.45, 2.75) is 16.2 Å². The molecule has 10 heteroatoms. The van der Waals surface area contributed by atoms with Crippen LogP contribution in [0.1, 0.15) is 11.1 Å². The molecule has 0 aromatic heterocycles. The van der Waals surface area contributed by atoms with Crippen LogP contribution in [0.15, 0.2) is 60.7 Å². The number of rotatable bonds is 5. The molecule has 0 N–H and O–H groups in total. The fourth-order valence-corrected chi connectivity index (χ4v) is 10.7. The third-order valence-electron chi connectivity index (χ3n) is 3.92. The lowest BCUT2D eigenvalue weighted by atomic mass is 9.86. The minimum absolute atomic E-state index is 0.680.